The number of rotatable bonds is 7. The first kappa shape index (κ1) is 26.3. The fourth-order valence-electron chi connectivity index (χ4n) is 4.69. The van der Waals surface area contributed by atoms with Crippen LogP contribution in [0.2, 0.25) is 0 Å². The minimum atomic E-state index is 0. The van der Waals surface area contributed by atoms with Gasteiger partial charge in [-0.1, -0.05) is 42.0 Å². The van der Waals surface area contributed by atoms with Crippen LogP contribution in [-0.2, 0) is 17.9 Å². The number of hydrogen-bond donors (Lipinski definition) is 2. The second-order valence-electron chi connectivity index (χ2n) is 9.20. The number of likely N-dealkylation sites (tertiary alicyclic amines) is 1. The fraction of sp³-hybridized carbons (Fsp3) is 0.481. The highest BCUT2D eigenvalue weighted by molar-refractivity contribution is 14.0. The van der Waals surface area contributed by atoms with Gasteiger partial charge in [0, 0.05) is 50.9 Å². The minimum absolute atomic E-state index is 0. The van der Waals surface area contributed by atoms with Crippen LogP contribution in [0.15, 0.2) is 53.5 Å². The number of nitrogens with one attached hydrogen (secondary N) is 2. The maximum absolute atomic E-state index is 12.0. The maximum Gasteiger partial charge on any atom is 0.222 e. The van der Waals surface area contributed by atoms with E-state index in [4.69, 9.17) is 4.99 Å². The summed E-state index contributed by atoms with van der Waals surface area (Å²) in [5.41, 5.74) is 4.93. The number of aliphatic imine (C=N–C) groups is 1. The average molecular weight is 576 g/mol. The Balaban J connectivity index is 0.00000324. The number of amides is 1. The molecule has 6 nitrogen and oxygen atoms in total. The SMILES string of the molecule is CCNC(=NCc1cccc(CN2CCCC2=O)c1)NC1CCCN(c2ccc(C)cc2)C1.I. The van der Waals surface area contributed by atoms with Gasteiger partial charge in [-0.2, -0.15) is 0 Å². The van der Waals surface area contributed by atoms with Gasteiger partial charge in [0.15, 0.2) is 5.96 Å². The molecule has 2 aliphatic rings. The van der Waals surface area contributed by atoms with Crippen molar-refractivity contribution in [2.24, 2.45) is 4.99 Å². The van der Waals surface area contributed by atoms with Crippen molar-refractivity contribution in [1.29, 1.82) is 0 Å². The van der Waals surface area contributed by atoms with Crippen molar-refractivity contribution in [3.05, 3.63) is 65.2 Å². The number of carbonyl (C=O) groups excluding carboxylic acids is 1. The quantitative estimate of drug-likeness (QED) is 0.291. The van der Waals surface area contributed by atoms with Crippen molar-refractivity contribution >= 4 is 41.5 Å². The predicted octanol–water partition coefficient (Wildman–Crippen LogP) is 4.46. The highest BCUT2D eigenvalue weighted by Crippen LogP contribution is 2.20. The van der Waals surface area contributed by atoms with Crippen molar-refractivity contribution in [2.75, 3.05) is 31.1 Å². The van der Waals surface area contributed by atoms with Gasteiger partial charge in [-0.05, 0) is 56.4 Å². The lowest BCUT2D eigenvalue weighted by molar-refractivity contribution is -0.128. The van der Waals surface area contributed by atoms with Crippen molar-refractivity contribution in [3.63, 3.8) is 0 Å². The van der Waals surface area contributed by atoms with E-state index in [1.807, 2.05) is 4.90 Å². The predicted molar refractivity (Wildman–Crippen MR) is 151 cm³/mol. The van der Waals surface area contributed by atoms with Gasteiger partial charge in [0.05, 0.1) is 6.54 Å². The van der Waals surface area contributed by atoms with E-state index in [0.717, 1.165) is 45.0 Å². The summed E-state index contributed by atoms with van der Waals surface area (Å²) < 4.78 is 0. The summed E-state index contributed by atoms with van der Waals surface area (Å²) >= 11 is 0. The molecule has 1 atom stereocenters. The summed E-state index contributed by atoms with van der Waals surface area (Å²) in [4.78, 5) is 21.2. The molecule has 2 saturated heterocycles. The molecule has 184 valence electrons. The third-order valence-corrected chi connectivity index (χ3v) is 6.46. The van der Waals surface area contributed by atoms with E-state index in [1.165, 1.54) is 28.8 Å². The van der Waals surface area contributed by atoms with Gasteiger partial charge in [0.1, 0.15) is 0 Å². The third-order valence-electron chi connectivity index (χ3n) is 6.46. The largest absolute Gasteiger partial charge is 0.369 e. The van der Waals surface area contributed by atoms with E-state index in [2.05, 4.69) is 77.9 Å². The standard InChI is InChI=1S/C27H37N5O.HI/c1-3-28-27(30-24-9-5-15-31(20-24)25-13-11-21(2)12-14-25)29-18-22-7-4-8-23(17-22)19-32-16-6-10-26(32)33;/h4,7-8,11-14,17,24H,3,5-6,9-10,15-16,18-20H2,1-2H3,(H2,28,29,30);1H. The number of halogens is 1. The first-order chi connectivity index (χ1) is 16.1. The van der Waals surface area contributed by atoms with E-state index < -0.39 is 0 Å². The number of aryl methyl sites for hydroxylation is 1. The Morgan fingerprint density at radius 3 is 2.62 bits per heavy atom. The van der Waals surface area contributed by atoms with E-state index >= 15 is 0 Å². The van der Waals surface area contributed by atoms with Crippen molar-refractivity contribution in [1.82, 2.24) is 15.5 Å². The normalized spacial score (nSPS) is 18.6. The lowest BCUT2D eigenvalue weighted by Gasteiger charge is -2.35. The Labute approximate surface area is 221 Å². The van der Waals surface area contributed by atoms with Crippen LogP contribution in [0.25, 0.3) is 0 Å². The monoisotopic (exact) mass is 575 g/mol. The number of hydrogen-bond acceptors (Lipinski definition) is 3. The minimum Gasteiger partial charge on any atom is -0.369 e. The van der Waals surface area contributed by atoms with Crippen molar-refractivity contribution in [3.8, 4) is 0 Å². The molecule has 2 fully saturated rings. The second kappa shape index (κ2) is 13.0. The smallest absolute Gasteiger partial charge is 0.222 e. The van der Waals surface area contributed by atoms with Crippen LogP contribution < -0.4 is 15.5 Å². The van der Waals surface area contributed by atoms with Crippen LogP contribution in [-0.4, -0.2) is 49.0 Å². The Hall–Kier alpha value is -2.29. The Bertz CT molecular complexity index is 962. The average Bonchev–Trinajstić information content (AvgIpc) is 3.23. The van der Waals surface area contributed by atoms with E-state index in [1.54, 1.807) is 0 Å². The number of anilines is 1. The molecule has 0 aromatic heterocycles. The number of piperidine rings is 1. The van der Waals surface area contributed by atoms with Crippen LogP contribution in [0.5, 0.6) is 0 Å². The van der Waals surface area contributed by atoms with Crippen LogP contribution in [0.4, 0.5) is 5.69 Å². The molecule has 2 heterocycles. The van der Waals surface area contributed by atoms with Gasteiger partial charge < -0.3 is 20.4 Å². The summed E-state index contributed by atoms with van der Waals surface area (Å²) in [6.07, 6.45) is 3.97. The molecule has 34 heavy (non-hydrogen) atoms. The molecule has 2 aromatic carbocycles. The number of guanidine groups is 1. The van der Waals surface area contributed by atoms with E-state index in [9.17, 15) is 4.79 Å². The molecule has 4 rings (SSSR count). The van der Waals surface area contributed by atoms with Gasteiger partial charge >= 0.3 is 0 Å². The Kier molecular flexibility index (Phi) is 10.0. The molecule has 0 spiro atoms. The number of carbonyl (C=O) groups is 1. The number of benzene rings is 2. The Morgan fingerprint density at radius 2 is 1.88 bits per heavy atom. The van der Waals surface area contributed by atoms with Gasteiger partial charge in [0.2, 0.25) is 5.91 Å². The molecule has 2 aliphatic heterocycles. The van der Waals surface area contributed by atoms with Gasteiger partial charge in [-0.15, -0.1) is 24.0 Å². The molecule has 0 saturated carbocycles. The lowest BCUT2D eigenvalue weighted by Crippen LogP contribution is -2.51. The molecule has 1 amide bonds. The first-order valence-electron chi connectivity index (χ1n) is 12.3. The topological polar surface area (TPSA) is 60.0 Å². The van der Waals surface area contributed by atoms with Crippen LogP contribution >= 0.6 is 24.0 Å². The van der Waals surface area contributed by atoms with Crippen molar-refractivity contribution in [2.45, 2.75) is 58.7 Å². The molecule has 1 unspecified atom stereocenters. The zero-order chi connectivity index (χ0) is 23.0. The summed E-state index contributed by atoms with van der Waals surface area (Å²) in [6, 6.07) is 17.6. The summed E-state index contributed by atoms with van der Waals surface area (Å²) in [6.45, 7) is 9.33. The summed E-state index contributed by atoms with van der Waals surface area (Å²) in [5, 5.41) is 7.07. The highest BCUT2D eigenvalue weighted by atomic mass is 127. The third kappa shape index (κ3) is 7.35. The van der Waals surface area contributed by atoms with Crippen LogP contribution in [0.3, 0.4) is 0 Å². The van der Waals surface area contributed by atoms with Gasteiger partial charge in [-0.25, -0.2) is 4.99 Å². The lowest BCUT2D eigenvalue weighted by atomic mass is 10.0. The molecule has 0 bridgehead atoms. The van der Waals surface area contributed by atoms with E-state index in [0.29, 0.717) is 25.6 Å². The summed E-state index contributed by atoms with van der Waals surface area (Å²) in [7, 11) is 0. The van der Waals surface area contributed by atoms with Crippen LogP contribution in [0.1, 0.15) is 49.3 Å². The van der Waals surface area contributed by atoms with Crippen molar-refractivity contribution < 1.29 is 4.79 Å². The molecule has 2 N–H and O–H groups in total. The van der Waals surface area contributed by atoms with E-state index in [-0.39, 0.29) is 29.9 Å². The molecule has 0 aliphatic carbocycles. The summed E-state index contributed by atoms with van der Waals surface area (Å²) in [5.74, 6) is 1.14. The van der Waals surface area contributed by atoms with Crippen LogP contribution in [0, 0.1) is 6.92 Å². The molecule has 7 heteroatoms. The number of nitrogens with zero attached hydrogens (tertiary/aromatic N) is 3. The maximum atomic E-state index is 12.0. The Morgan fingerprint density at radius 1 is 1.09 bits per heavy atom. The molecular formula is C27H38IN5O. The van der Waals surface area contributed by atoms with Gasteiger partial charge in [0.25, 0.3) is 0 Å². The zero-order valence-corrected chi connectivity index (χ0v) is 22.8. The molecule has 2 aromatic rings. The molecule has 0 radical (unpaired) electrons. The van der Waals surface area contributed by atoms with Gasteiger partial charge in [-0.3, -0.25) is 4.79 Å². The first-order valence-corrected chi connectivity index (χ1v) is 12.3. The second-order valence-corrected chi connectivity index (χ2v) is 9.20. The zero-order valence-electron chi connectivity index (χ0n) is 20.4. The molecular weight excluding hydrogens is 537 g/mol. The fourth-order valence-corrected chi connectivity index (χ4v) is 4.69. The highest BCUT2D eigenvalue weighted by Gasteiger charge is 2.21.